The zero-order valence-electron chi connectivity index (χ0n) is 15.7. The molecule has 1 heterocycles. The standard InChI is InChI=1S/C21H36N2O2/c24-15-16-3-1-5-23(14-16)6-2-4-22-20(25)13-21-10-17-7-18(11-21)9-19(8-17)12-21/h16-19,24H,1-15H2,(H,22,25)/t16-,17?,18?,19?,21?/m0/s1. The van der Waals surface area contributed by atoms with E-state index in [9.17, 15) is 9.90 Å². The van der Waals surface area contributed by atoms with Gasteiger partial charge in [-0.3, -0.25) is 4.79 Å². The highest BCUT2D eigenvalue weighted by molar-refractivity contribution is 5.76. The zero-order chi connectivity index (χ0) is 17.3. The lowest BCUT2D eigenvalue weighted by atomic mass is 9.49. The molecule has 142 valence electrons. The van der Waals surface area contributed by atoms with E-state index in [1.807, 2.05) is 0 Å². The number of aliphatic hydroxyl groups excluding tert-OH is 1. The Morgan fingerprint density at radius 1 is 1.12 bits per heavy atom. The number of nitrogens with one attached hydrogen (secondary N) is 1. The molecule has 0 unspecified atom stereocenters. The highest BCUT2D eigenvalue weighted by Crippen LogP contribution is 2.61. The van der Waals surface area contributed by atoms with E-state index in [-0.39, 0.29) is 0 Å². The Kier molecular flexibility index (Phi) is 5.38. The van der Waals surface area contributed by atoms with Gasteiger partial charge in [0.1, 0.15) is 0 Å². The molecule has 25 heavy (non-hydrogen) atoms. The second-order valence-electron chi connectivity index (χ2n) is 9.79. The Balaban J connectivity index is 1.16. The number of amides is 1. The van der Waals surface area contributed by atoms with Gasteiger partial charge in [-0.1, -0.05) is 0 Å². The number of hydrogen-bond donors (Lipinski definition) is 2. The fourth-order valence-corrected chi connectivity index (χ4v) is 6.94. The number of aliphatic hydroxyl groups is 1. The smallest absolute Gasteiger partial charge is 0.220 e. The fraction of sp³-hybridized carbons (Fsp3) is 0.952. The van der Waals surface area contributed by atoms with Crippen LogP contribution in [0.25, 0.3) is 0 Å². The maximum atomic E-state index is 12.5. The lowest BCUT2D eigenvalue weighted by Gasteiger charge is -2.56. The molecule has 0 aromatic rings. The Hall–Kier alpha value is -0.610. The van der Waals surface area contributed by atoms with E-state index in [0.717, 1.165) is 63.2 Å². The highest BCUT2D eigenvalue weighted by Gasteiger charge is 2.51. The van der Waals surface area contributed by atoms with Gasteiger partial charge < -0.3 is 15.3 Å². The molecule has 5 fully saturated rings. The van der Waals surface area contributed by atoms with Gasteiger partial charge in [0.05, 0.1) is 0 Å². The van der Waals surface area contributed by atoms with Crippen molar-refractivity contribution in [1.82, 2.24) is 10.2 Å². The SMILES string of the molecule is O=C(CC12CC3CC(CC(C3)C1)C2)NCCCN1CCC[C@H](CO)C1. The van der Waals surface area contributed by atoms with Crippen molar-refractivity contribution in [2.24, 2.45) is 29.1 Å². The molecule has 2 N–H and O–H groups in total. The number of piperidine rings is 1. The quantitative estimate of drug-likeness (QED) is 0.696. The van der Waals surface area contributed by atoms with Gasteiger partial charge in [-0.2, -0.15) is 0 Å². The molecular formula is C21H36N2O2. The monoisotopic (exact) mass is 348 g/mol. The number of carbonyl (C=O) groups excluding carboxylic acids is 1. The first-order chi connectivity index (χ1) is 12.1. The van der Waals surface area contributed by atoms with E-state index < -0.39 is 0 Å². The number of hydrogen-bond acceptors (Lipinski definition) is 3. The van der Waals surface area contributed by atoms with Crippen LogP contribution >= 0.6 is 0 Å². The molecule has 1 amide bonds. The molecule has 1 atom stereocenters. The highest BCUT2D eigenvalue weighted by atomic mass is 16.3. The van der Waals surface area contributed by atoms with Crippen molar-refractivity contribution in [2.75, 3.05) is 32.8 Å². The summed E-state index contributed by atoms with van der Waals surface area (Å²) in [6.07, 6.45) is 12.5. The van der Waals surface area contributed by atoms with Crippen LogP contribution in [0.4, 0.5) is 0 Å². The summed E-state index contributed by atoms with van der Waals surface area (Å²) < 4.78 is 0. The van der Waals surface area contributed by atoms with Gasteiger partial charge in [0, 0.05) is 26.1 Å². The summed E-state index contributed by atoms with van der Waals surface area (Å²) in [5, 5.41) is 12.5. The van der Waals surface area contributed by atoms with Gasteiger partial charge in [-0.25, -0.2) is 0 Å². The minimum atomic E-state index is 0.300. The Morgan fingerprint density at radius 2 is 1.80 bits per heavy atom. The molecular weight excluding hydrogens is 312 g/mol. The Morgan fingerprint density at radius 3 is 2.44 bits per heavy atom. The Bertz CT molecular complexity index is 443. The minimum absolute atomic E-state index is 0.300. The van der Waals surface area contributed by atoms with Crippen LogP contribution in [0.3, 0.4) is 0 Å². The molecule has 4 aliphatic carbocycles. The van der Waals surface area contributed by atoms with E-state index in [1.165, 1.54) is 44.9 Å². The van der Waals surface area contributed by atoms with Crippen LogP contribution in [-0.2, 0) is 4.79 Å². The lowest BCUT2D eigenvalue weighted by molar-refractivity contribution is -0.129. The van der Waals surface area contributed by atoms with Crippen molar-refractivity contribution in [3.8, 4) is 0 Å². The zero-order valence-corrected chi connectivity index (χ0v) is 15.7. The number of nitrogens with zero attached hydrogens (tertiary/aromatic N) is 1. The molecule has 1 saturated heterocycles. The summed E-state index contributed by atoms with van der Waals surface area (Å²) in [6.45, 7) is 4.35. The van der Waals surface area contributed by atoms with Crippen molar-refractivity contribution in [3.63, 3.8) is 0 Å². The molecule has 1 aliphatic heterocycles. The third kappa shape index (κ3) is 4.21. The molecule has 0 aromatic heterocycles. The molecule has 5 rings (SSSR count). The van der Waals surface area contributed by atoms with E-state index in [1.54, 1.807) is 0 Å². The van der Waals surface area contributed by atoms with E-state index in [2.05, 4.69) is 10.2 Å². The van der Waals surface area contributed by atoms with Crippen LogP contribution < -0.4 is 5.32 Å². The number of carbonyl (C=O) groups is 1. The predicted molar refractivity (Wildman–Crippen MR) is 99.1 cm³/mol. The average Bonchev–Trinajstić information content (AvgIpc) is 2.57. The number of rotatable bonds is 7. The van der Waals surface area contributed by atoms with Crippen LogP contribution in [0.1, 0.15) is 64.2 Å². The summed E-state index contributed by atoms with van der Waals surface area (Å²) in [5.74, 6) is 3.54. The third-order valence-corrected chi connectivity index (χ3v) is 7.54. The van der Waals surface area contributed by atoms with Crippen molar-refractivity contribution in [1.29, 1.82) is 0 Å². The first-order valence-electron chi connectivity index (χ1n) is 10.7. The number of likely N-dealkylation sites (tertiary alicyclic amines) is 1. The lowest BCUT2D eigenvalue weighted by Crippen LogP contribution is -2.48. The molecule has 0 spiro atoms. The second kappa shape index (κ2) is 7.56. The van der Waals surface area contributed by atoms with Crippen molar-refractivity contribution in [2.45, 2.75) is 64.2 Å². The average molecular weight is 349 g/mol. The molecule has 4 bridgehead atoms. The van der Waals surface area contributed by atoms with E-state index in [0.29, 0.717) is 23.8 Å². The predicted octanol–water partition coefficient (Wildman–Crippen LogP) is 2.80. The maximum absolute atomic E-state index is 12.5. The topological polar surface area (TPSA) is 52.6 Å². The molecule has 4 heteroatoms. The van der Waals surface area contributed by atoms with Gasteiger partial charge in [0.15, 0.2) is 0 Å². The van der Waals surface area contributed by atoms with Gasteiger partial charge in [0.25, 0.3) is 0 Å². The van der Waals surface area contributed by atoms with Crippen molar-refractivity contribution in [3.05, 3.63) is 0 Å². The van der Waals surface area contributed by atoms with Crippen LogP contribution in [-0.4, -0.2) is 48.7 Å². The normalized spacial score (nSPS) is 40.4. The van der Waals surface area contributed by atoms with E-state index >= 15 is 0 Å². The van der Waals surface area contributed by atoms with E-state index in [4.69, 9.17) is 0 Å². The first-order valence-corrected chi connectivity index (χ1v) is 10.7. The van der Waals surface area contributed by atoms with Crippen LogP contribution in [0, 0.1) is 29.1 Å². The molecule has 4 saturated carbocycles. The molecule has 4 nitrogen and oxygen atoms in total. The molecule has 0 aromatic carbocycles. The van der Waals surface area contributed by atoms with Crippen molar-refractivity contribution < 1.29 is 9.90 Å². The summed E-state index contributed by atoms with van der Waals surface area (Å²) in [7, 11) is 0. The first kappa shape index (κ1) is 17.8. The van der Waals surface area contributed by atoms with Gasteiger partial charge >= 0.3 is 0 Å². The minimum Gasteiger partial charge on any atom is -0.396 e. The summed E-state index contributed by atoms with van der Waals surface area (Å²) in [6, 6.07) is 0. The Labute approximate surface area is 152 Å². The third-order valence-electron chi connectivity index (χ3n) is 7.54. The molecule has 5 aliphatic rings. The molecule has 0 radical (unpaired) electrons. The summed E-state index contributed by atoms with van der Waals surface area (Å²) >= 11 is 0. The summed E-state index contributed by atoms with van der Waals surface area (Å²) in [5.41, 5.74) is 0.361. The second-order valence-corrected chi connectivity index (χ2v) is 9.79. The van der Waals surface area contributed by atoms with Crippen molar-refractivity contribution >= 4 is 5.91 Å². The largest absolute Gasteiger partial charge is 0.396 e. The fourth-order valence-electron chi connectivity index (χ4n) is 6.94. The van der Waals surface area contributed by atoms with Gasteiger partial charge in [-0.15, -0.1) is 0 Å². The van der Waals surface area contributed by atoms with Gasteiger partial charge in [-0.05, 0) is 100.0 Å². The van der Waals surface area contributed by atoms with Crippen LogP contribution in [0.2, 0.25) is 0 Å². The van der Waals surface area contributed by atoms with Gasteiger partial charge in [0.2, 0.25) is 5.91 Å². The van der Waals surface area contributed by atoms with Crippen LogP contribution in [0.5, 0.6) is 0 Å². The summed E-state index contributed by atoms with van der Waals surface area (Å²) in [4.78, 5) is 15.0. The maximum Gasteiger partial charge on any atom is 0.220 e. The van der Waals surface area contributed by atoms with Crippen LogP contribution in [0.15, 0.2) is 0 Å².